The molecule has 15 atom stereocenters. The Morgan fingerprint density at radius 2 is 0.380 bits per heavy atom. The second-order valence-electron chi connectivity index (χ2n) is 27.7. The molecule has 3 aliphatic rings. The smallest absolute Gasteiger partial charge is 0.338 e. The van der Waals surface area contributed by atoms with E-state index in [0.717, 1.165) is 0 Å². The van der Waals surface area contributed by atoms with Crippen LogP contribution in [0.3, 0.4) is 0 Å². The van der Waals surface area contributed by atoms with Crippen LogP contribution < -0.4 is 0 Å². The molecule has 0 radical (unpaired) electrons. The molecule has 26 heteroatoms. The number of esters is 10. The third-order valence-electron chi connectivity index (χ3n) is 19.5. The number of carbonyl (C=O) groups excluding carboxylic acids is 10. The topological polar surface area (TPSA) is 318 Å². The third-order valence-corrected chi connectivity index (χ3v) is 19.5. The van der Waals surface area contributed by atoms with Gasteiger partial charge in [0.15, 0.2) is 61.6 Å². The summed E-state index contributed by atoms with van der Waals surface area (Å²) < 4.78 is 106. The van der Waals surface area contributed by atoms with Crippen molar-refractivity contribution in [1.29, 1.82) is 0 Å². The van der Waals surface area contributed by atoms with Crippen LogP contribution in [0.4, 0.5) is 0 Å². The van der Waals surface area contributed by atoms with Gasteiger partial charge in [0.2, 0.25) is 0 Å². The van der Waals surface area contributed by atoms with Gasteiger partial charge in [-0.05, 0) is 127 Å². The fourth-order valence-electron chi connectivity index (χ4n) is 13.5. The number of ether oxygens (including phenoxy) is 16. The van der Waals surface area contributed by atoms with Crippen LogP contribution in [0.2, 0.25) is 0 Å². The molecule has 3 heterocycles. The van der Waals surface area contributed by atoms with Crippen LogP contribution in [0.15, 0.2) is 334 Å². The van der Waals surface area contributed by atoms with E-state index in [0.29, 0.717) is 5.56 Å². The van der Waals surface area contributed by atoms with E-state index in [4.69, 9.17) is 75.8 Å². The molecule has 3 aliphatic heterocycles. The van der Waals surface area contributed by atoms with Gasteiger partial charge in [0.05, 0.1) is 62.2 Å². The zero-order chi connectivity index (χ0) is 83.8. The van der Waals surface area contributed by atoms with E-state index in [1.54, 1.807) is 164 Å². The third kappa shape index (κ3) is 21.6. The van der Waals surface area contributed by atoms with Gasteiger partial charge in [0.1, 0.15) is 50.3 Å². The summed E-state index contributed by atoms with van der Waals surface area (Å²) in [6.07, 6.45) is -31.0. The second kappa shape index (κ2) is 40.8. The van der Waals surface area contributed by atoms with Gasteiger partial charge < -0.3 is 75.8 Å². The zero-order valence-electron chi connectivity index (χ0n) is 64.4. The Morgan fingerprint density at radius 1 is 0.198 bits per heavy atom. The van der Waals surface area contributed by atoms with Crippen LogP contribution in [0.1, 0.15) is 109 Å². The van der Waals surface area contributed by atoms with Crippen molar-refractivity contribution in [2.24, 2.45) is 0 Å². The van der Waals surface area contributed by atoms with Gasteiger partial charge in [-0.2, -0.15) is 0 Å². The summed E-state index contributed by atoms with van der Waals surface area (Å²) >= 11 is 0. The van der Waals surface area contributed by atoms with Crippen LogP contribution in [0, 0.1) is 0 Å². The number of hydrogen-bond acceptors (Lipinski definition) is 26. The first-order chi connectivity index (χ1) is 59.2. The van der Waals surface area contributed by atoms with Crippen molar-refractivity contribution >= 4 is 59.7 Å². The molecule has 11 aromatic rings. The number of carbonyl (C=O) groups is 10. The molecule has 14 rings (SSSR count). The first-order valence-electron chi connectivity index (χ1n) is 38.6. The van der Waals surface area contributed by atoms with Crippen molar-refractivity contribution in [2.45, 2.75) is 98.7 Å². The fraction of sp³-hybridized carbons (Fsp3) is 0.200. The number of rotatable bonds is 30. The Morgan fingerprint density at radius 3 is 0.628 bits per heavy atom. The average Bonchev–Trinajstić information content (AvgIpc) is 0.770. The molecule has 0 bridgehead atoms. The lowest BCUT2D eigenvalue weighted by molar-refractivity contribution is -0.376. The van der Waals surface area contributed by atoms with Gasteiger partial charge in [0.25, 0.3) is 0 Å². The highest BCUT2D eigenvalue weighted by atomic mass is 16.8. The first-order valence-corrected chi connectivity index (χ1v) is 38.6. The Balaban J connectivity index is 0.964. The lowest BCUT2D eigenvalue weighted by atomic mass is 9.94. The van der Waals surface area contributed by atoms with Crippen LogP contribution in [-0.2, 0) is 82.4 Å². The van der Waals surface area contributed by atoms with Crippen LogP contribution in [-0.4, -0.2) is 172 Å². The van der Waals surface area contributed by atoms with Crippen LogP contribution in [0.25, 0.3) is 0 Å². The van der Waals surface area contributed by atoms with Gasteiger partial charge in [-0.3, -0.25) is 0 Å². The maximum absolute atomic E-state index is 15.6. The van der Waals surface area contributed by atoms with E-state index in [-0.39, 0.29) is 62.2 Å². The number of benzene rings is 11. The fourth-order valence-corrected chi connectivity index (χ4v) is 13.5. The van der Waals surface area contributed by atoms with E-state index in [9.17, 15) is 24.0 Å². The van der Waals surface area contributed by atoms with Gasteiger partial charge in [-0.25, -0.2) is 47.9 Å². The predicted octanol–water partition coefficient (Wildman–Crippen LogP) is 13.3. The highest BCUT2D eigenvalue weighted by molar-refractivity contribution is 5.94. The Kier molecular flexibility index (Phi) is 28.1. The van der Waals surface area contributed by atoms with Crippen molar-refractivity contribution in [2.75, 3.05) is 19.8 Å². The minimum Gasteiger partial charge on any atom is -0.459 e. The van der Waals surface area contributed by atoms with Crippen molar-refractivity contribution in [1.82, 2.24) is 0 Å². The Labute approximate surface area is 693 Å². The maximum atomic E-state index is 15.6. The molecule has 26 nitrogen and oxygen atoms in total. The summed E-state index contributed by atoms with van der Waals surface area (Å²) in [5.74, 6) is -10.5. The maximum Gasteiger partial charge on any atom is 0.338 e. The summed E-state index contributed by atoms with van der Waals surface area (Å²) in [6.45, 7) is -2.93. The molecular weight excluding hydrogens is 1560 g/mol. The SMILES string of the molecule is O=C(OC[C@H]1O[C@H](O[C@H]2[C@H](OC(=O)c3ccccc3)[C@@H](OC(=O)c3ccccc3)[C@@H](O[C@H]3[C@H](OC(=O)c4ccccc4)[C@@H](OC(=O)c4ccccc4)[C@H](OCc4ccccc4)O[C@@H]3COC(=O)c3ccccc3)O[C@@H]2COC(=O)c2ccccc2)[C@H](OC(=O)c2ccccc2)[C@@H](OC(=O)c2ccccc2)[C@@H]1OC(=O)c1ccccc1)c1ccccc1. The van der Waals surface area contributed by atoms with Crippen LogP contribution >= 0.6 is 0 Å². The van der Waals surface area contributed by atoms with Crippen molar-refractivity contribution < 1.29 is 124 Å². The average molecular weight is 1640 g/mol. The van der Waals surface area contributed by atoms with Crippen LogP contribution in [0.5, 0.6) is 0 Å². The van der Waals surface area contributed by atoms with E-state index in [2.05, 4.69) is 0 Å². The summed E-state index contributed by atoms with van der Waals surface area (Å²) in [4.78, 5) is 150. The van der Waals surface area contributed by atoms with Gasteiger partial charge >= 0.3 is 59.7 Å². The van der Waals surface area contributed by atoms with Gasteiger partial charge in [-0.1, -0.05) is 212 Å². The normalized spacial score (nSPS) is 22.3. The van der Waals surface area contributed by atoms with E-state index in [1.807, 2.05) is 0 Å². The highest BCUT2D eigenvalue weighted by Crippen LogP contribution is 2.41. The molecule has 0 spiro atoms. The van der Waals surface area contributed by atoms with Crippen molar-refractivity contribution in [3.8, 4) is 0 Å². The quantitative estimate of drug-likeness (QED) is 0.0298. The standard InChI is InChI=1S/C95H78O26/c96-83(61-36-14-2-15-37-61)106-57-71-74(113-86(99)64-42-20-5-21-43-64)77(114-87(100)65-44-22-6-23-45-65)81(118-91(104)69-52-30-10-31-53-69)94(111-71)121-76-73(59-108-85(98)63-40-18-4-19-41-63)112-95(82(119-92(105)70-54-32-11-33-55-70)79(76)116-89(102)67-48-26-8-27-49-67)120-75-72(58-107-84(97)62-38-16-3-17-39-62)110-93(109-56-60-34-12-1-13-35-60)80(117-90(103)68-50-28-9-29-51-68)78(75)115-88(101)66-46-24-7-25-47-66/h1-55,71-82,93-95H,56-59H2/t71-,72-,73-,74-,75-,76-,77+,78+,79+,80-,81-,82-,93-,94-,95-/m1/s1. The summed E-state index contributed by atoms with van der Waals surface area (Å²) in [7, 11) is 0. The minimum absolute atomic E-state index is 0.00210. The molecule has 11 aromatic carbocycles. The first kappa shape index (κ1) is 83.4. The molecule has 0 amide bonds. The number of hydrogen-bond donors (Lipinski definition) is 0. The molecule has 0 aliphatic carbocycles. The highest BCUT2D eigenvalue weighted by Gasteiger charge is 2.61. The monoisotopic (exact) mass is 1630 g/mol. The van der Waals surface area contributed by atoms with E-state index in [1.165, 1.54) is 170 Å². The molecule has 0 aromatic heterocycles. The Hall–Kier alpha value is -14.1. The molecule has 3 fully saturated rings. The zero-order valence-corrected chi connectivity index (χ0v) is 64.4. The summed E-state index contributed by atoms with van der Waals surface area (Å²) in [6, 6.07) is 84.9. The molecule has 0 saturated carbocycles. The van der Waals surface area contributed by atoms with Gasteiger partial charge in [-0.15, -0.1) is 0 Å². The largest absolute Gasteiger partial charge is 0.459 e. The molecule has 0 unspecified atom stereocenters. The Bertz CT molecular complexity index is 5280. The van der Waals surface area contributed by atoms with Crippen molar-refractivity contribution in [3.05, 3.63) is 395 Å². The molecule has 3 saturated heterocycles. The van der Waals surface area contributed by atoms with Gasteiger partial charge in [0, 0.05) is 0 Å². The van der Waals surface area contributed by atoms with E-state index < -0.39 is 172 Å². The summed E-state index contributed by atoms with van der Waals surface area (Å²) in [5, 5.41) is 0. The summed E-state index contributed by atoms with van der Waals surface area (Å²) in [5.41, 5.74) is 0.195. The lowest BCUT2D eigenvalue weighted by Gasteiger charge is -2.50. The van der Waals surface area contributed by atoms with Crippen molar-refractivity contribution in [3.63, 3.8) is 0 Å². The second-order valence-corrected chi connectivity index (χ2v) is 27.7. The molecule has 614 valence electrons. The van der Waals surface area contributed by atoms with E-state index >= 15 is 24.0 Å². The minimum atomic E-state index is -2.32. The predicted molar refractivity (Wildman–Crippen MR) is 427 cm³/mol. The molecule has 0 N–H and O–H groups in total. The molecular formula is C95H78O26. The molecule has 121 heavy (non-hydrogen) atoms. The lowest BCUT2D eigenvalue weighted by Crippen LogP contribution is -2.69.